The highest BCUT2D eigenvalue weighted by molar-refractivity contribution is 6.02. The third kappa shape index (κ3) is 4.51. The van der Waals surface area contributed by atoms with Crippen LogP contribution in [0.25, 0.3) is 0 Å². The Morgan fingerprint density at radius 3 is 2.20 bits per heavy atom. The number of nitrogens with one attached hydrogen (secondary N) is 1. The summed E-state index contributed by atoms with van der Waals surface area (Å²) in [7, 11) is 0. The highest BCUT2D eigenvalue weighted by atomic mass is 16.6. The average Bonchev–Trinajstić information content (AvgIpc) is 2.20. The Labute approximate surface area is 119 Å². The molecule has 1 fully saturated rings. The molecule has 0 radical (unpaired) electrons. The van der Waals surface area contributed by atoms with Crippen molar-refractivity contribution < 1.29 is 23.9 Å². The van der Waals surface area contributed by atoms with Crippen LogP contribution in [0.3, 0.4) is 0 Å². The minimum Gasteiger partial charge on any atom is -0.466 e. The van der Waals surface area contributed by atoms with E-state index >= 15 is 0 Å². The van der Waals surface area contributed by atoms with Gasteiger partial charge in [0.1, 0.15) is 17.6 Å². The lowest BCUT2D eigenvalue weighted by atomic mass is 9.73. The smallest absolute Gasteiger partial charge is 0.408 e. The van der Waals surface area contributed by atoms with Gasteiger partial charge >= 0.3 is 12.1 Å². The first-order valence-electron chi connectivity index (χ1n) is 6.88. The highest BCUT2D eigenvalue weighted by Crippen LogP contribution is 2.34. The first-order chi connectivity index (χ1) is 9.18. The molecular weight excluding hydrogens is 262 g/mol. The normalized spacial score (nSPS) is 16.8. The first kappa shape index (κ1) is 16.5. The quantitative estimate of drug-likeness (QED) is 0.617. The van der Waals surface area contributed by atoms with E-state index in [2.05, 4.69) is 5.32 Å². The van der Waals surface area contributed by atoms with Gasteiger partial charge in [0.05, 0.1) is 6.61 Å². The molecular formula is C14H23NO5. The Bertz CT molecular complexity index is 393. The van der Waals surface area contributed by atoms with Crippen LogP contribution < -0.4 is 5.32 Å². The summed E-state index contributed by atoms with van der Waals surface area (Å²) in [5.74, 6) is -0.872. The Hall–Kier alpha value is -1.59. The van der Waals surface area contributed by atoms with Crippen molar-refractivity contribution in [3.8, 4) is 0 Å². The topological polar surface area (TPSA) is 81.7 Å². The summed E-state index contributed by atoms with van der Waals surface area (Å²) in [5, 5.41) is 2.62. The molecule has 0 aliphatic heterocycles. The summed E-state index contributed by atoms with van der Waals surface area (Å²) in [4.78, 5) is 35.3. The highest BCUT2D eigenvalue weighted by Gasteiger charge is 2.46. The Morgan fingerprint density at radius 1 is 1.20 bits per heavy atom. The van der Waals surface area contributed by atoms with Crippen molar-refractivity contribution in [2.75, 3.05) is 6.61 Å². The van der Waals surface area contributed by atoms with Crippen LogP contribution in [0.4, 0.5) is 4.79 Å². The molecule has 0 unspecified atom stereocenters. The largest absolute Gasteiger partial charge is 0.466 e. The van der Waals surface area contributed by atoms with Crippen molar-refractivity contribution in [2.45, 2.75) is 64.5 Å². The fraction of sp³-hybridized carbons (Fsp3) is 0.786. The van der Waals surface area contributed by atoms with E-state index in [1.807, 2.05) is 0 Å². The van der Waals surface area contributed by atoms with Crippen molar-refractivity contribution in [2.24, 2.45) is 0 Å². The molecule has 1 amide bonds. The minimum atomic E-state index is -0.963. The molecule has 1 saturated carbocycles. The van der Waals surface area contributed by atoms with Crippen LogP contribution in [-0.4, -0.2) is 35.6 Å². The molecule has 0 aromatic carbocycles. The van der Waals surface area contributed by atoms with Gasteiger partial charge in [0.2, 0.25) is 0 Å². The van der Waals surface area contributed by atoms with E-state index in [4.69, 9.17) is 9.47 Å². The van der Waals surface area contributed by atoms with Gasteiger partial charge in [-0.3, -0.25) is 9.59 Å². The number of alkyl carbamates (subject to hydrolysis) is 1. The molecule has 0 heterocycles. The van der Waals surface area contributed by atoms with Gasteiger partial charge in [0, 0.05) is 0 Å². The van der Waals surface area contributed by atoms with Crippen molar-refractivity contribution in [3.05, 3.63) is 0 Å². The maximum Gasteiger partial charge on any atom is 0.408 e. The van der Waals surface area contributed by atoms with E-state index in [-0.39, 0.29) is 18.8 Å². The number of carbonyl (C=O) groups is 3. The number of amides is 1. The zero-order chi connectivity index (χ0) is 15.4. The van der Waals surface area contributed by atoms with Crippen LogP contribution in [0.2, 0.25) is 0 Å². The molecule has 0 spiro atoms. The maximum atomic E-state index is 12.2. The summed E-state index contributed by atoms with van der Waals surface area (Å²) in [6, 6.07) is 0. The monoisotopic (exact) mass is 285 g/mol. The number of hydrogen-bond donors (Lipinski definition) is 1. The lowest BCUT2D eigenvalue weighted by Gasteiger charge is -2.40. The fourth-order valence-electron chi connectivity index (χ4n) is 2.02. The summed E-state index contributed by atoms with van der Waals surface area (Å²) in [6.07, 6.45) is 0.956. The fourth-order valence-corrected chi connectivity index (χ4v) is 2.02. The van der Waals surface area contributed by atoms with Gasteiger partial charge in [-0.25, -0.2) is 4.79 Å². The standard InChI is InChI=1S/C14H23NO5/c1-5-19-11(17)9-10(16)14(7-6-8-14)15-12(18)20-13(2,3)4/h5-9H2,1-4H3,(H,15,18). The van der Waals surface area contributed by atoms with Crippen molar-refractivity contribution in [1.29, 1.82) is 0 Å². The number of Topliss-reactive ketones (excluding diaryl/α,β-unsaturated/α-hetero) is 1. The molecule has 0 atom stereocenters. The van der Waals surface area contributed by atoms with E-state index in [1.54, 1.807) is 27.7 Å². The predicted octanol–water partition coefficient (Wildman–Crippen LogP) is 1.96. The second-order valence-corrected chi connectivity index (χ2v) is 5.97. The lowest BCUT2D eigenvalue weighted by molar-refractivity contribution is -0.147. The van der Waals surface area contributed by atoms with E-state index in [1.165, 1.54) is 0 Å². The Balaban J connectivity index is 2.61. The summed E-state index contributed by atoms with van der Waals surface area (Å²) in [5.41, 5.74) is -1.59. The molecule has 1 N–H and O–H groups in total. The third-order valence-electron chi connectivity index (χ3n) is 3.09. The Morgan fingerprint density at radius 2 is 1.80 bits per heavy atom. The minimum absolute atomic E-state index is 0.235. The van der Waals surface area contributed by atoms with Gasteiger partial charge in [-0.15, -0.1) is 0 Å². The van der Waals surface area contributed by atoms with Crippen LogP contribution in [0, 0.1) is 0 Å². The number of ketones is 1. The van der Waals surface area contributed by atoms with Crippen LogP contribution >= 0.6 is 0 Å². The van der Waals surface area contributed by atoms with E-state index in [0.29, 0.717) is 12.8 Å². The van der Waals surface area contributed by atoms with Gasteiger partial charge in [-0.1, -0.05) is 0 Å². The molecule has 20 heavy (non-hydrogen) atoms. The van der Waals surface area contributed by atoms with Crippen molar-refractivity contribution >= 4 is 17.8 Å². The number of ether oxygens (including phenoxy) is 2. The van der Waals surface area contributed by atoms with Gasteiger partial charge in [0.15, 0.2) is 5.78 Å². The number of carbonyl (C=O) groups excluding carboxylic acids is 3. The molecule has 114 valence electrons. The van der Waals surface area contributed by atoms with Crippen LogP contribution in [0.1, 0.15) is 53.4 Å². The Kier molecular flexibility index (Phi) is 5.14. The molecule has 6 nitrogen and oxygen atoms in total. The molecule has 0 aromatic heterocycles. The van der Waals surface area contributed by atoms with Gasteiger partial charge in [-0.05, 0) is 47.0 Å². The van der Waals surface area contributed by atoms with E-state index in [0.717, 1.165) is 6.42 Å². The lowest BCUT2D eigenvalue weighted by Crippen LogP contribution is -2.60. The van der Waals surface area contributed by atoms with E-state index in [9.17, 15) is 14.4 Å². The number of hydrogen-bond acceptors (Lipinski definition) is 5. The SMILES string of the molecule is CCOC(=O)CC(=O)C1(NC(=O)OC(C)(C)C)CCC1. The summed E-state index contributed by atoms with van der Waals surface area (Å²) in [6.45, 7) is 7.17. The predicted molar refractivity (Wildman–Crippen MR) is 72.2 cm³/mol. The van der Waals surface area contributed by atoms with Crippen LogP contribution in [0.15, 0.2) is 0 Å². The third-order valence-corrected chi connectivity index (χ3v) is 3.09. The zero-order valence-electron chi connectivity index (χ0n) is 12.6. The van der Waals surface area contributed by atoms with Gasteiger partial charge in [0.25, 0.3) is 0 Å². The second kappa shape index (κ2) is 6.24. The van der Waals surface area contributed by atoms with Crippen molar-refractivity contribution in [3.63, 3.8) is 0 Å². The summed E-state index contributed by atoms with van der Waals surface area (Å²) >= 11 is 0. The molecule has 6 heteroatoms. The van der Waals surface area contributed by atoms with Gasteiger partial charge < -0.3 is 14.8 Å². The summed E-state index contributed by atoms with van der Waals surface area (Å²) < 4.78 is 9.91. The van der Waals surface area contributed by atoms with Gasteiger partial charge in [-0.2, -0.15) is 0 Å². The molecule has 0 bridgehead atoms. The number of rotatable bonds is 5. The first-order valence-corrected chi connectivity index (χ1v) is 6.88. The zero-order valence-corrected chi connectivity index (χ0v) is 12.6. The average molecular weight is 285 g/mol. The molecule has 1 aliphatic carbocycles. The molecule has 1 rings (SSSR count). The molecule has 1 aliphatic rings. The molecule has 0 aromatic rings. The maximum absolute atomic E-state index is 12.2. The van der Waals surface area contributed by atoms with Crippen LogP contribution in [0.5, 0.6) is 0 Å². The second-order valence-electron chi connectivity index (χ2n) is 5.97. The molecule has 0 saturated heterocycles. The number of esters is 1. The van der Waals surface area contributed by atoms with E-state index < -0.39 is 23.2 Å². The van der Waals surface area contributed by atoms with Crippen LogP contribution in [-0.2, 0) is 19.1 Å². The van der Waals surface area contributed by atoms with Crippen molar-refractivity contribution in [1.82, 2.24) is 5.32 Å².